The second-order valence-electron chi connectivity index (χ2n) is 6.09. The molecule has 7 heteroatoms. The third-order valence-corrected chi connectivity index (χ3v) is 5.02. The van der Waals surface area contributed by atoms with Crippen molar-refractivity contribution >= 4 is 23.6 Å². The number of hydrogen-bond acceptors (Lipinski definition) is 4. The standard InChI is InChI=1S/C22H22N6S/c23-17-26-22(28-19-10-6-13-24-16-19)25-14-7-15-27-29-21-12-5-4-11-20(21)18-8-2-1-3-9-18/h1-6,8-13,16,27H,7,14-15H2,(H2,25,26,28)/p+1. The minimum atomic E-state index is 0.424. The Hall–Kier alpha value is -3.34. The topological polar surface area (TPSA) is 85.1 Å². The first-order chi connectivity index (χ1) is 14.4. The van der Waals surface area contributed by atoms with E-state index < -0.39 is 0 Å². The van der Waals surface area contributed by atoms with Gasteiger partial charge in [-0.25, -0.2) is 0 Å². The lowest BCUT2D eigenvalue weighted by Gasteiger charge is -2.07. The van der Waals surface area contributed by atoms with Gasteiger partial charge in [-0.2, -0.15) is 5.26 Å². The van der Waals surface area contributed by atoms with Gasteiger partial charge in [-0.15, -0.1) is 4.72 Å². The van der Waals surface area contributed by atoms with Crippen LogP contribution < -0.4 is 15.4 Å². The lowest BCUT2D eigenvalue weighted by Crippen LogP contribution is -2.27. The van der Waals surface area contributed by atoms with E-state index in [-0.39, 0.29) is 0 Å². The van der Waals surface area contributed by atoms with Crippen LogP contribution in [0.15, 0.2) is 89.0 Å². The maximum absolute atomic E-state index is 8.89. The molecule has 0 unspecified atom stereocenters. The predicted octanol–water partition coefficient (Wildman–Crippen LogP) is 3.36. The lowest BCUT2D eigenvalue weighted by molar-refractivity contribution is 0.805. The highest BCUT2D eigenvalue weighted by molar-refractivity contribution is 7.76. The highest BCUT2D eigenvalue weighted by Crippen LogP contribution is 2.24. The maximum Gasteiger partial charge on any atom is 0.209 e. The fourth-order valence-corrected chi connectivity index (χ4v) is 3.58. The van der Waals surface area contributed by atoms with Crippen LogP contribution in [0, 0.1) is 11.5 Å². The summed E-state index contributed by atoms with van der Waals surface area (Å²) in [6.07, 6.45) is 6.13. The first-order valence-corrected chi connectivity index (χ1v) is 10.2. The average molecular weight is 404 g/mol. The number of pyridine rings is 1. The highest BCUT2D eigenvalue weighted by atomic mass is 32.2. The van der Waals surface area contributed by atoms with Gasteiger partial charge in [0.15, 0.2) is 11.1 Å². The molecular weight excluding hydrogens is 380 g/mol. The highest BCUT2D eigenvalue weighted by Gasteiger charge is 2.11. The molecule has 1 heterocycles. The van der Waals surface area contributed by atoms with Crippen molar-refractivity contribution in [2.45, 2.75) is 11.3 Å². The minimum absolute atomic E-state index is 0.424. The molecule has 0 bridgehead atoms. The molecule has 0 saturated heterocycles. The first-order valence-electron chi connectivity index (χ1n) is 9.31. The van der Waals surface area contributed by atoms with Gasteiger partial charge in [-0.1, -0.05) is 42.5 Å². The third kappa shape index (κ3) is 6.64. The van der Waals surface area contributed by atoms with Crippen LogP contribution in [0.25, 0.3) is 11.1 Å². The summed E-state index contributed by atoms with van der Waals surface area (Å²) in [6, 6.07) is 22.5. The number of rotatable bonds is 8. The Morgan fingerprint density at radius 3 is 2.66 bits per heavy atom. The Labute approximate surface area is 175 Å². The summed E-state index contributed by atoms with van der Waals surface area (Å²) < 4.78 is 3.45. The SMILES string of the molecule is N#CNC(=NCCCN[SH+]c1ccccc1-c1ccccc1)Nc1cccnc1. The number of thiol groups is 1. The van der Waals surface area contributed by atoms with E-state index in [0.29, 0.717) is 12.5 Å². The van der Waals surface area contributed by atoms with Crippen LogP contribution in [0.2, 0.25) is 0 Å². The predicted molar refractivity (Wildman–Crippen MR) is 120 cm³/mol. The fourth-order valence-electron chi connectivity index (χ4n) is 2.66. The molecule has 0 atom stereocenters. The van der Waals surface area contributed by atoms with E-state index in [0.717, 1.165) is 30.6 Å². The quantitative estimate of drug-likeness (QED) is 0.102. The van der Waals surface area contributed by atoms with Gasteiger partial charge in [0.1, 0.15) is 0 Å². The molecule has 0 radical (unpaired) electrons. The van der Waals surface area contributed by atoms with Crippen LogP contribution in [0.1, 0.15) is 6.42 Å². The van der Waals surface area contributed by atoms with E-state index in [1.165, 1.54) is 16.0 Å². The number of nitriles is 1. The molecular formula is C22H23N6S+. The number of hydrogen-bond donors (Lipinski definition) is 3. The van der Waals surface area contributed by atoms with E-state index in [2.05, 4.69) is 73.9 Å². The van der Waals surface area contributed by atoms with Crippen molar-refractivity contribution in [2.24, 2.45) is 4.99 Å². The summed E-state index contributed by atoms with van der Waals surface area (Å²) in [7, 11) is 0. The van der Waals surface area contributed by atoms with Crippen LogP contribution in [-0.4, -0.2) is 24.0 Å². The zero-order valence-electron chi connectivity index (χ0n) is 15.9. The first kappa shape index (κ1) is 20.4. The van der Waals surface area contributed by atoms with E-state index in [1.54, 1.807) is 12.4 Å². The summed E-state index contributed by atoms with van der Waals surface area (Å²) in [5, 5.41) is 14.5. The summed E-state index contributed by atoms with van der Waals surface area (Å²) in [5.74, 6) is 0.424. The Morgan fingerprint density at radius 2 is 1.86 bits per heavy atom. The third-order valence-electron chi connectivity index (χ3n) is 4.00. The number of aliphatic imine (C=N–C) groups is 1. The summed E-state index contributed by atoms with van der Waals surface area (Å²) in [6.45, 7) is 1.42. The molecule has 3 aromatic rings. The average Bonchev–Trinajstić information content (AvgIpc) is 2.78. The number of benzene rings is 2. The van der Waals surface area contributed by atoms with Gasteiger partial charge in [-0.05, 0) is 36.2 Å². The normalized spacial score (nSPS) is 10.9. The molecule has 0 spiro atoms. The Kier molecular flexibility index (Phi) is 8.08. The van der Waals surface area contributed by atoms with E-state index in [4.69, 9.17) is 5.26 Å². The summed E-state index contributed by atoms with van der Waals surface area (Å²) >= 11 is 1.07. The zero-order chi connectivity index (χ0) is 20.2. The molecule has 3 N–H and O–H groups in total. The van der Waals surface area contributed by atoms with Crippen LogP contribution in [0.5, 0.6) is 0 Å². The smallest absolute Gasteiger partial charge is 0.209 e. The molecule has 0 aliphatic rings. The molecule has 6 nitrogen and oxygen atoms in total. The molecule has 146 valence electrons. The number of nitrogens with zero attached hydrogens (tertiary/aromatic N) is 3. The summed E-state index contributed by atoms with van der Waals surface area (Å²) in [5.41, 5.74) is 3.24. The molecule has 0 fully saturated rings. The van der Waals surface area contributed by atoms with Gasteiger partial charge < -0.3 is 5.32 Å². The second-order valence-corrected chi connectivity index (χ2v) is 7.11. The molecule has 0 amide bonds. The largest absolute Gasteiger partial charge is 0.324 e. The maximum atomic E-state index is 8.89. The van der Waals surface area contributed by atoms with Crippen molar-refractivity contribution in [2.75, 3.05) is 18.4 Å². The lowest BCUT2D eigenvalue weighted by atomic mass is 10.1. The van der Waals surface area contributed by atoms with Gasteiger partial charge in [-0.3, -0.25) is 15.3 Å². The molecule has 0 aliphatic heterocycles. The molecule has 2 aromatic carbocycles. The number of anilines is 1. The van der Waals surface area contributed by atoms with Crippen LogP contribution >= 0.6 is 0 Å². The van der Waals surface area contributed by atoms with Gasteiger partial charge in [0.05, 0.1) is 23.8 Å². The van der Waals surface area contributed by atoms with Crippen LogP contribution in [0.4, 0.5) is 5.69 Å². The van der Waals surface area contributed by atoms with E-state index >= 15 is 0 Å². The van der Waals surface area contributed by atoms with Crippen molar-refractivity contribution in [1.29, 1.82) is 5.26 Å². The minimum Gasteiger partial charge on any atom is -0.324 e. The Bertz CT molecular complexity index is 954. The Balaban J connectivity index is 1.47. The van der Waals surface area contributed by atoms with Gasteiger partial charge in [0, 0.05) is 24.8 Å². The Morgan fingerprint density at radius 1 is 1.03 bits per heavy atom. The molecule has 0 aliphatic carbocycles. The fraction of sp³-hybridized carbons (Fsp3) is 0.136. The number of aromatic nitrogens is 1. The summed E-state index contributed by atoms with van der Waals surface area (Å²) in [4.78, 5) is 9.70. The number of guanidine groups is 1. The van der Waals surface area contributed by atoms with E-state index in [1.807, 2.05) is 24.4 Å². The number of nitrogens with one attached hydrogen (secondary N) is 3. The van der Waals surface area contributed by atoms with Gasteiger partial charge in [0.25, 0.3) is 0 Å². The zero-order valence-corrected chi connectivity index (χ0v) is 16.8. The van der Waals surface area contributed by atoms with E-state index in [9.17, 15) is 0 Å². The van der Waals surface area contributed by atoms with Gasteiger partial charge in [0.2, 0.25) is 5.96 Å². The van der Waals surface area contributed by atoms with Crippen molar-refractivity contribution in [3.8, 4) is 17.3 Å². The van der Waals surface area contributed by atoms with Crippen molar-refractivity contribution in [1.82, 2.24) is 15.0 Å². The van der Waals surface area contributed by atoms with Crippen LogP contribution in [0.3, 0.4) is 0 Å². The molecule has 0 saturated carbocycles. The van der Waals surface area contributed by atoms with Crippen LogP contribution in [-0.2, 0) is 11.9 Å². The molecule has 1 aromatic heterocycles. The van der Waals surface area contributed by atoms with Crippen molar-refractivity contribution < 1.29 is 0 Å². The van der Waals surface area contributed by atoms with Crippen molar-refractivity contribution in [3.63, 3.8) is 0 Å². The molecule has 3 rings (SSSR count). The monoisotopic (exact) mass is 403 g/mol. The van der Waals surface area contributed by atoms with Crippen molar-refractivity contribution in [3.05, 3.63) is 79.1 Å². The molecule has 29 heavy (non-hydrogen) atoms. The second kappa shape index (κ2) is 11.5. The van der Waals surface area contributed by atoms with Gasteiger partial charge >= 0.3 is 0 Å².